The Kier molecular flexibility index (Phi) is 6.30. The molecule has 2 N–H and O–H groups in total. The molecule has 6 nitrogen and oxygen atoms in total. The summed E-state index contributed by atoms with van der Waals surface area (Å²) in [6, 6.07) is 3.18. The molecule has 0 saturated heterocycles. The minimum atomic E-state index is -0.180. The highest BCUT2D eigenvalue weighted by atomic mass is 16.5. The van der Waals surface area contributed by atoms with Crippen molar-refractivity contribution in [2.45, 2.75) is 20.0 Å². The van der Waals surface area contributed by atoms with Crippen LogP contribution < -0.4 is 15.2 Å². The van der Waals surface area contributed by atoms with E-state index in [-0.39, 0.29) is 12.0 Å². The molecule has 0 aliphatic heterocycles. The van der Waals surface area contributed by atoms with Gasteiger partial charge >= 0.3 is 0 Å². The molecule has 0 fully saturated rings. The fourth-order valence-electron chi connectivity index (χ4n) is 1.81. The van der Waals surface area contributed by atoms with Gasteiger partial charge in [-0.15, -0.1) is 0 Å². The van der Waals surface area contributed by atoms with E-state index < -0.39 is 0 Å². The zero-order valence-electron chi connectivity index (χ0n) is 13.3. The third-order valence-electron chi connectivity index (χ3n) is 3.01. The Morgan fingerprint density at radius 2 is 1.81 bits per heavy atom. The second kappa shape index (κ2) is 7.73. The van der Waals surface area contributed by atoms with Gasteiger partial charge in [-0.05, 0) is 19.9 Å². The molecule has 21 heavy (non-hydrogen) atoms. The summed E-state index contributed by atoms with van der Waals surface area (Å²) in [5.41, 5.74) is 6.67. The number of benzene rings is 1. The van der Waals surface area contributed by atoms with E-state index >= 15 is 0 Å². The Balaban J connectivity index is 2.86. The van der Waals surface area contributed by atoms with E-state index in [2.05, 4.69) is 0 Å². The van der Waals surface area contributed by atoms with Crippen LogP contribution in [0.3, 0.4) is 0 Å². The van der Waals surface area contributed by atoms with Gasteiger partial charge in [0, 0.05) is 25.3 Å². The molecule has 0 aliphatic rings. The lowest BCUT2D eigenvalue weighted by atomic mass is 10.1. The molecule has 1 rings (SSSR count). The Hall–Kier alpha value is -1.95. The molecule has 0 heterocycles. The molecule has 1 aromatic rings. The van der Waals surface area contributed by atoms with Crippen molar-refractivity contribution in [2.24, 2.45) is 0 Å². The van der Waals surface area contributed by atoms with Crippen LogP contribution >= 0.6 is 0 Å². The topological polar surface area (TPSA) is 74.0 Å². The van der Waals surface area contributed by atoms with Gasteiger partial charge in [0.25, 0.3) is 5.91 Å². The van der Waals surface area contributed by atoms with Gasteiger partial charge in [-0.25, -0.2) is 0 Å². The minimum absolute atomic E-state index is 0.139. The number of ether oxygens (including phenoxy) is 3. The average molecular weight is 296 g/mol. The fraction of sp³-hybridized carbons (Fsp3) is 0.533. The number of amides is 1. The number of likely N-dealkylation sites (N-methyl/N-ethyl adjacent to an activating group) is 1. The first-order chi connectivity index (χ1) is 9.90. The lowest BCUT2D eigenvalue weighted by Gasteiger charge is -2.20. The summed E-state index contributed by atoms with van der Waals surface area (Å²) in [6.07, 6.45) is 0.139. The number of hydrogen-bond donors (Lipinski definition) is 1. The molecule has 1 amide bonds. The van der Waals surface area contributed by atoms with E-state index in [1.54, 1.807) is 24.1 Å². The molecule has 0 saturated carbocycles. The van der Waals surface area contributed by atoms with Gasteiger partial charge in [0.05, 0.1) is 32.5 Å². The first-order valence-electron chi connectivity index (χ1n) is 6.79. The Labute approximate surface area is 125 Å². The van der Waals surface area contributed by atoms with Crippen LogP contribution in [-0.4, -0.2) is 51.3 Å². The fourth-order valence-corrected chi connectivity index (χ4v) is 1.81. The maximum atomic E-state index is 12.4. The highest BCUT2D eigenvalue weighted by Crippen LogP contribution is 2.32. The Bertz CT molecular complexity index is 489. The van der Waals surface area contributed by atoms with Crippen molar-refractivity contribution in [1.82, 2.24) is 4.90 Å². The van der Waals surface area contributed by atoms with Gasteiger partial charge in [-0.1, -0.05) is 0 Å². The average Bonchev–Trinajstić information content (AvgIpc) is 2.45. The quantitative estimate of drug-likeness (QED) is 0.776. The number of hydrogen-bond acceptors (Lipinski definition) is 5. The first-order valence-corrected chi connectivity index (χ1v) is 6.79. The highest BCUT2D eigenvalue weighted by molar-refractivity contribution is 5.99. The smallest absolute Gasteiger partial charge is 0.255 e. The normalized spacial score (nSPS) is 10.6. The van der Waals surface area contributed by atoms with Crippen molar-refractivity contribution in [3.8, 4) is 11.5 Å². The van der Waals surface area contributed by atoms with Crippen LogP contribution in [0.25, 0.3) is 0 Å². The van der Waals surface area contributed by atoms with Crippen LogP contribution in [0.1, 0.15) is 24.2 Å². The van der Waals surface area contributed by atoms with Crippen LogP contribution in [0.4, 0.5) is 5.69 Å². The number of rotatable bonds is 7. The van der Waals surface area contributed by atoms with Crippen LogP contribution in [0, 0.1) is 0 Å². The first kappa shape index (κ1) is 17.1. The van der Waals surface area contributed by atoms with Crippen molar-refractivity contribution < 1.29 is 19.0 Å². The van der Waals surface area contributed by atoms with E-state index in [1.165, 1.54) is 14.2 Å². The third kappa shape index (κ3) is 4.53. The Morgan fingerprint density at radius 3 is 2.33 bits per heavy atom. The van der Waals surface area contributed by atoms with Crippen molar-refractivity contribution >= 4 is 11.6 Å². The second-order valence-corrected chi connectivity index (χ2v) is 4.94. The van der Waals surface area contributed by atoms with Crippen LogP contribution in [-0.2, 0) is 4.74 Å². The zero-order chi connectivity index (χ0) is 16.0. The zero-order valence-corrected chi connectivity index (χ0v) is 13.3. The van der Waals surface area contributed by atoms with E-state index in [0.29, 0.717) is 35.9 Å². The molecular weight excluding hydrogens is 272 g/mol. The van der Waals surface area contributed by atoms with Crippen LogP contribution in [0.15, 0.2) is 12.1 Å². The van der Waals surface area contributed by atoms with Crippen molar-refractivity contribution in [2.75, 3.05) is 40.2 Å². The molecule has 0 unspecified atom stereocenters. The largest absolute Gasteiger partial charge is 0.493 e. The second-order valence-electron chi connectivity index (χ2n) is 4.94. The number of nitrogens with two attached hydrogens (primary N) is 1. The van der Waals surface area contributed by atoms with E-state index in [0.717, 1.165) is 0 Å². The van der Waals surface area contributed by atoms with E-state index in [1.807, 2.05) is 13.8 Å². The minimum Gasteiger partial charge on any atom is -0.493 e. The molecule has 0 spiro atoms. The summed E-state index contributed by atoms with van der Waals surface area (Å²) in [7, 11) is 4.75. The van der Waals surface area contributed by atoms with E-state index in [4.69, 9.17) is 19.9 Å². The maximum Gasteiger partial charge on any atom is 0.255 e. The molecule has 0 aliphatic carbocycles. The van der Waals surface area contributed by atoms with Crippen LogP contribution in [0.5, 0.6) is 11.5 Å². The number of carbonyl (C=O) groups excluding carboxylic acids is 1. The van der Waals surface area contributed by atoms with E-state index in [9.17, 15) is 4.79 Å². The summed E-state index contributed by atoms with van der Waals surface area (Å²) in [4.78, 5) is 14.0. The molecule has 1 aromatic carbocycles. The number of anilines is 1. The molecule has 0 atom stereocenters. The summed E-state index contributed by atoms with van der Waals surface area (Å²) < 4.78 is 15.8. The molecular formula is C15H24N2O4. The lowest BCUT2D eigenvalue weighted by Crippen LogP contribution is -2.31. The molecule has 0 radical (unpaired) electrons. The molecule has 6 heteroatoms. The van der Waals surface area contributed by atoms with Gasteiger partial charge in [0.2, 0.25) is 0 Å². The standard InChI is InChI=1S/C15H24N2O4/c1-10(2)21-7-6-17(3)15(18)11-8-13(19-4)14(20-5)9-12(11)16/h8-10H,6-7,16H2,1-5H3. The van der Waals surface area contributed by atoms with Crippen molar-refractivity contribution in [3.63, 3.8) is 0 Å². The third-order valence-corrected chi connectivity index (χ3v) is 3.01. The molecule has 0 aromatic heterocycles. The summed E-state index contributed by atoms with van der Waals surface area (Å²) in [5.74, 6) is 0.792. The maximum absolute atomic E-state index is 12.4. The van der Waals surface area contributed by atoms with Gasteiger partial charge in [0.1, 0.15) is 0 Å². The van der Waals surface area contributed by atoms with Gasteiger partial charge < -0.3 is 24.8 Å². The number of carbonyl (C=O) groups is 1. The number of nitrogen functional groups attached to an aromatic ring is 1. The van der Waals surface area contributed by atoms with Crippen LogP contribution in [0.2, 0.25) is 0 Å². The van der Waals surface area contributed by atoms with Crippen molar-refractivity contribution in [3.05, 3.63) is 17.7 Å². The number of nitrogens with zero attached hydrogens (tertiary/aromatic N) is 1. The predicted molar refractivity (Wildman–Crippen MR) is 82.0 cm³/mol. The summed E-state index contributed by atoms with van der Waals surface area (Å²) in [5, 5.41) is 0. The van der Waals surface area contributed by atoms with Crippen molar-refractivity contribution in [1.29, 1.82) is 0 Å². The van der Waals surface area contributed by atoms with Gasteiger partial charge in [-0.3, -0.25) is 4.79 Å². The SMILES string of the molecule is COc1cc(N)c(C(=O)N(C)CCOC(C)C)cc1OC. The highest BCUT2D eigenvalue weighted by Gasteiger charge is 2.18. The summed E-state index contributed by atoms with van der Waals surface area (Å²) in [6.45, 7) is 4.88. The lowest BCUT2D eigenvalue weighted by molar-refractivity contribution is 0.0532. The van der Waals surface area contributed by atoms with Gasteiger partial charge in [-0.2, -0.15) is 0 Å². The molecule has 0 bridgehead atoms. The van der Waals surface area contributed by atoms with Gasteiger partial charge in [0.15, 0.2) is 11.5 Å². The number of methoxy groups -OCH3 is 2. The Morgan fingerprint density at radius 1 is 1.24 bits per heavy atom. The summed E-state index contributed by atoms with van der Waals surface area (Å²) >= 11 is 0. The predicted octanol–water partition coefficient (Wildman–Crippen LogP) is 1.78. The monoisotopic (exact) mass is 296 g/mol. The molecule has 118 valence electrons.